The summed E-state index contributed by atoms with van der Waals surface area (Å²) in [6, 6.07) is 1.54. The Hall–Kier alpha value is -0.610. The second kappa shape index (κ2) is 5.15. The number of carbonyl (C=O) groups is 1. The van der Waals surface area contributed by atoms with Crippen molar-refractivity contribution in [3.8, 4) is 0 Å². The number of carbonyl (C=O) groups excluding carboxylic acids is 1. The van der Waals surface area contributed by atoms with Crippen LogP contribution in [0.4, 0.5) is 0 Å². The standard InChI is InChI=1S/C12H22N2O2/c1-9-5-6-14(11-3-4-11)8-10(13-9)7-12(15)16-2/h9-11,13H,3-8H2,1-2H3. The summed E-state index contributed by atoms with van der Waals surface area (Å²) in [7, 11) is 1.46. The summed E-state index contributed by atoms with van der Waals surface area (Å²) >= 11 is 0. The van der Waals surface area contributed by atoms with E-state index in [1.54, 1.807) is 0 Å². The molecule has 2 atom stereocenters. The lowest BCUT2D eigenvalue weighted by atomic mass is 10.2. The molecule has 92 valence electrons. The molecule has 1 heterocycles. The molecule has 2 unspecified atom stereocenters. The fraction of sp³-hybridized carbons (Fsp3) is 0.917. The minimum Gasteiger partial charge on any atom is -0.469 e. The molecule has 0 aromatic carbocycles. The molecule has 1 saturated heterocycles. The average Bonchev–Trinajstić information content (AvgIpc) is 3.05. The number of methoxy groups -OCH3 is 1. The van der Waals surface area contributed by atoms with Gasteiger partial charge in [0.15, 0.2) is 0 Å². The van der Waals surface area contributed by atoms with Gasteiger partial charge in [0, 0.05) is 24.7 Å². The highest BCUT2D eigenvalue weighted by Gasteiger charge is 2.33. The Morgan fingerprint density at radius 1 is 1.44 bits per heavy atom. The lowest BCUT2D eigenvalue weighted by Crippen LogP contribution is -2.42. The van der Waals surface area contributed by atoms with Crippen LogP contribution in [0.15, 0.2) is 0 Å². The minimum atomic E-state index is -0.109. The third kappa shape index (κ3) is 3.19. The monoisotopic (exact) mass is 226 g/mol. The smallest absolute Gasteiger partial charge is 0.307 e. The first-order chi connectivity index (χ1) is 7.69. The van der Waals surface area contributed by atoms with Crippen LogP contribution in [-0.4, -0.2) is 49.2 Å². The van der Waals surface area contributed by atoms with Gasteiger partial charge in [0.2, 0.25) is 0 Å². The highest BCUT2D eigenvalue weighted by atomic mass is 16.5. The summed E-state index contributed by atoms with van der Waals surface area (Å²) in [4.78, 5) is 13.8. The highest BCUT2D eigenvalue weighted by molar-refractivity contribution is 5.69. The number of hydrogen-bond donors (Lipinski definition) is 1. The summed E-state index contributed by atoms with van der Waals surface area (Å²) in [5, 5.41) is 3.51. The van der Waals surface area contributed by atoms with Gasteiger partial charge in [-0.15, -0.1) is 0 Å². The molecule has 2 aliphatic rings. The minimum absolute atomic E-state index is 0.109. The topological polar surface area (TPSA) is 41.6 Å². The van der Waals surface area contributed by atoms with E-state index in [9.17, 15) is 4.79 Å². The molecule has 2 fully saturated rings. The molecule has 1 saturated carbocycles. The van der Waals surface area contributed by atoms with Crippen molar-refractivity contribution in [3.05, 3.63) is 0 Å². The molecule has 0 aromatic heterocycles. The molecule has 4 heteroatoms. The van der Waals surface area contributed by atoms with E-state index in [1.165, 1.54) is 26.4 Å². The van der Waals surface area contributed by atoms with Gasteiger partial charge in [-0.05, 0) is 32.7 Å². The summed E-state index contributed by atoms with van der Waals surface area (Å²) in [5.74, 6) is -0.109. The zero-order valence-electron chi connectivity index (χ0n) is 10.2. The Morgan fingerprint density at radius 2 is 2.19 bits per heavy atom. The van der Waals surface area contributed by atoms with Gasteiger partial charge in [0.1, 0.15) is 0 Å². The van der Waals surface area contributed by atoms with Crippen LogP contribution >= 0.6 is 0 Å². The summed E-state index contributed by atoms with van der Waals surface area (Å²) < 4.78 is 4.74. The molecule has 16 heavy (non-hydrogen) atoms. The fourth-order valence-electron chi connectivity index (χ4n) is 2.45. The van der Waals surface area contributed by atoms with Crippen molar-refractivity contribution in [2.75, 3.05) is 20.2 Å². The lowest BCUT2D eigenvalue weighted by Gasteiger charge is -2.23. The van der Waals surface area contributed by atoms with Crippen molar-refractivity contribution in [1.29, 1.82) is 0 Å². The van der Waals surface area contributed by atoms with Crippen LogP contribution in [0.25, 0.3) is 0 Å². The third-order valence-electron chi connectivity index (χ3n) is 3.53. The second-order valence-electron chi connectivity index (χ2n) is 5.06. The number of rotatable bonds is 3. The van der Waals surface area contributed by atoms with Crippen molar-refractivity contribution in [2.24, 2.45) is 0 Å². The van der Waals surface area contributed by atoms with Crippen LogP contribution in [-0.2, 0) is 9.53 Å². The average molecular weight is 226 g/mol. The molecular formula is C12H22N2O2. The van der Waals surface area contributed by atoms with Crippen LogP contribution in [0.5, 0.6) is 0 Å². The molecule has 1 aliphatic carbocycles. The maximum Gasteiger partial charge on any atom is 0.307 e. The van der Waals surface area contributed by atoms with E-state index in [-0.39, 0.29) is 12.0 Å². The van der Waals surface area contributed by atoms with E-state index >= 15 is 0 Å². The van der Waals surface area contributed by atoms with Crippen molar-refractivity contribution in [2.45, 2.75) is 50.7 Å². The van der Waals surface area contributed by atoms with Gasteiger partial charge in [-0.3, -0.25) is 9.69 Å². The zero-order chi connectivity index (χ0) is 11.5. The van der Waals surface area contributed by atoms with E-state index < -0.39 is 0 Å². The molecule has 2 rings (SSSR count). The highest BCUT2D eigenvalue weighted by Crippen LogP contribution is 2.28. The van der Waals surface area contributed by atoms with Crippen molar-refractivity contribution >= 4 is 5.97 Å². The van der Waals surface area contributed by atoms with Crippen LogP contribution in [0.2, 0.25) is 0 Å². The van der Waals surface area contributed by atoms with E-state index in [4.69, 9.17) is 4.74 Å². The van der Waals surface area contributed by atoms with Crippen LogP contribution in [0, 0.1) is 0 Å². The van der Waals surface area contributed by atoms with E-state index in [0.29, 0.717) is 12.5 Å². The quantitative estimate of drug-likeness (QED) is 0.722. The van der Waals surface area contributed by atoms with Gasteiger partial charge in [0.05, 0.1) is 13.5 Å². The number of nitrogens with zero attached hydrogens (tertiary/aromatic N) is 1. The molecule has 1 N–H and O–H groups in total. The number of ether oxygens (including phenoxy) is 1. The van der Waals surface area contributed by atoms with Gasteiger partial charge >= 0.3 is 5.97 Å². The van der Waals surface area contributed by atoms with Crippen molar-refractivity contribution in [1.82, 2.24) is 10.2 Å². The van der Waals surface area contributed by atoms with Crippen LogP contribution < -0.4 is 5.32 Å². The Kier molecular flexibility index (Phi) is 3.82. The Morgan fingerprint density at radius 3 is 2.81 bits per heavy atom. The SMILES string of the molecule is COC(=O)CC1CN(C2CC2)CCC(C)N1. The maximum absolute atomic E-state index is 11.3. The zero-order valence-corrected chi connectivity index (χ0v) is 10.2. The van der Waals surface area contributed by atoms with Crippen molar-refractivity contribution in [3.63, 3.8) is 0 Å². The molecular weight excluding hydrogens is 204 g/mol. The van der Waals surface area contributed by atoms with Crippen LogP contribution in [0.1, 0.15) is 32.6 Å². The van der Waals surface area contributed by atoms with Gasteiger partial charge in [-0.2, -0.15) is 0 Å². The fourth-order valence-corrected chi connectivity index (χ4v) is 2.45. The van der Waals surface area contributed by atoms with E-state index in [0.717, 1.165) is 19.1 Å². The maximum atomic E-state index is 11.3. The summed E-state index contributed by atoms with van der Waals surface area (Å²) in [6.45, 7) is 4.35. The summed E-state index contributed by atoms with van der Waals surface area (Å²) in [6.07, 6.45) is 4.33. The van der Waals surface area contributed by atoms with E-state index in [2.05, 4.69) is 17.1 Å². The first kappa shape index (κ1) is 11.9. The predicted molar refractivity (Wildman–Crippen MR) is 62.2 cm³/mol. The molecule has 0 spiro atoms. The Bertz CT molecular complexity index is 253. The first-order valence-corrected chi connectivity index (χ1v) is 6.26. The van der Waals surface area contributed by atoms with Gasteiger partial charge in [0.25, 0.3) is 0 Å². The first-order valence-electron chi connectivity index (χ1n) is 6.26. The van der Waals surface area contributed by atoms with Crippen LogP contribution in [0.3, 0.4) is 0 Å². The molecule has 0 bridgehead atoms. The number of esters is 1. The normalized spacial score (nSPS) is 32.1. The summed E-state index contributed by atoms with van der Waals surface area (Å²) in [5.41, 5.74) is 0. The van der Waals surface area contributed by atoms with Crippen molar-refractivity contribution < 1.29 is 9.53 Å². The predicted octanol–water partition coefficient (Wildman–Crippen LogP) is 0.764. The third-order valence-corrected chi connectivity index (χ3v) is 3.53. The van der Waals surface area contributed by atoms with Gasteiger partial charge in [-0.25, -0.2) is 0 Å². The molecule has 0 amide bonds. The molecule has 0 aromatic rings. The number of hydrogen-bond acceptors (Lipinski definition) is 4. The van der Waals surface area contributed by atoms with Gasteiger partial charge in [-0.1, -0.05) is 0 Å². The molecule has 0 radical (unpaired) electrons. The largest absolute Gasteiger partial charge is 0.469 e. The lowest BCUT2D eigenvalue weighted by molar-refractivity contribution is -0.141. The van der Waals surface area contributed by atoms with E-state index in [1.807, 2.05) is 0 Å². The molecule has 1 aliphatic heterocycles. The second-order valence-corrected chi connectivity index (χ2v) is 5.06. The molecule has 4 nitrogen and oxygen atoms in total. The Labute approximate surface area is 97.3 Å². The Balaban J connectivity index is 1.90. The van der Waals surface area contributed by atoms with Gasteiger partial charge < -0.3 is 10.1 Å². The number of nitrogens with one attached hydrogen (secondary N) is 1.